The molecule has 5 nitrogen and oxygen atoms in total. The molecule has 0 saturated carbocycles. The van der Waals surface area contributed by atoms with E-state index in [1.165, 1.54) is 6.07 Å². The second kappa shape index (κ2) is 7.61. The number of aromatic carboxylic acids is 1. The molecule has 3 N–H and O–H groups in total. The first-order valence-electron chi connectivity index (χ1n) is 6.99. The van der Waals surface area contributed by atoms with E-state index in [0.717, 1.165) is 25.0 Å². The molecule has 1 atom stereocenters. The van der Waals surface area contributed by atoms with Crippen molar-refractivity contribution in [3.05, 3.63) is 29.6 Å². The quantitative estimate of drug-likeness (QED) is 0.752. The summed E-state index contributed by atoms with van der Waals surface area (Å²) in [6.45, 7) is 6.04. The van der Waals surface area contributed by atoms with E-state index in [1.54, 1.807) is 0 Å². The Morgan fingerprint density at radius 1 is 1.29 bits per heavy atom. The van der Waals surface area contributed by atoms with E-state index < -0.39 is 23.4 Å². The van der Waals surface area contributed by atoms with E-state index in [2.05, 4.69) is 24.5 Å². The fraction of sp³-hybridized carbons (Fsp3) is 0.467. The standard InChI is InChI=1S/C15H21FN2O3/c1-4-10(5-2)9(3)17-15(21)18-11-6-7-12(14(19)20)13(16)8-11/h6-10H,4-5H2,1-3H3,(H,19,20)(H2,17,18,21). The fourth-order valence-corrected chi connectivity index (χ4v) is 2.25. The highest BCUT2D eigenvalue weighted by Gasteiger charge is 2.16. The largest absolute Gasteiger partial charge is 0.478 e. The predicted octanol–water partition coefficient (Wildman–Crippen LogP) is 3.47. The minimum Gasteiger partial charge on any atom is -0.478 e. The number of hydrogen-bond acceptors (Lipinski definition) is 2. The Morgan fingerprint density at radius 3 is 2.38 bits per heavy atom. The first kappa shape index (κ1) is 16.9. The number of anilines is 1. The number of carboxylic acid groups (broad SMARTS) is 1. The zero-order chi connectivity index (χ0) is 16.0. The molecular formula is C15H21FN2O3. The number of urea groups is 1. The summed E-state index contributed by atoms with van der Waals surface area (Å²) < 4.78 is 13.5. The molecule has 0 aromatic heterocycles. The molecule has 6 heteroatoms. The number of rotatable bonds is 6. The second-order valence-electron chi connectivity index (χ2n) is 4.96. The van der Waals surface area contributed by atoms with E-state index in [4.69, 9.17) is 5.11 Å². The molecule has 116 valence electrons. The lowest BCUT2D eigenvalue weighted by molar-refractivity contribution is 0.0692. The molecule has 0 heterocycles. The Morgan fingerprint density at radius 2 is 1.90 bits per heavy atom. The van der Waals surface area contributed by atoms with E-state index in [1.807, 2.05) is 6.92 Å². The monoisotopic (exact) mass is 296 g/mol. The van der Waals surface area contributed by atoms with Crippen molar-refractivity contribution in [3.8, 4) is 0 Å². The van der Waals surface area contributed by atoms with Gasteiger partial charge in [0.25, 0.3) is 0 Å². The molecule has 1 rings (SSSR count). The van der Waals surface area contributed by atoms with Gasteiger partial charge in [-0.25, -0.2) is 14.0 Å². The van der Waals surface area contributed by atoms with Gasteiger partial charge in [-0.05, 0) is 31.0 Å². The number of carbonyl (C=O) groups excluding carboxylic acids is 1. The highest BCUT2D eigenvalue weighted by Crippen LogP contribution is 2.16. The van der Waals surface area contributed by atoms with Crippen molar-refractivity contribution in [1.82, 2.24) is 5.32 Å². The van der Waals surface area contributed by atoms with Crippen molar-refractivity contribution in [3.63, 3.8) is 0 Å². The Bertz CT molecular complexity index is 516. The summed E-state index contributed by atoms with van der Waals surface area (Å²) in [5, 5.41) is 14.0. The molecule has 0 aliphatic rings. The Labute approximate surface area is 123 Å². The lowest BCUT2D eigenvalue weighted by Gasteiger charge is -2.22. The van der Waals surface area contributed by atoms with Crippen LogP contribution in [-0.4, -0.2) is 23.1 Å². The number of benzene rings is 1. The average Bonchev–Trinajstić information content (AvgIpc) is 2.39. The zero-order valence-electron chi connectivity index (χ0n) is 12.4. The minimum absolute atomic E-state index is 0.00291. The molecule has 1 aromatic rings. The molecule has 0 saturated heterocycles. The zero-order valence-corrected chi connectivity index (χ0v) is 12.4. The first-order valence-corrected chi connectivity index (χ1v) is 6.99. The van der Waals surface area contributed by atoms with E-state index in [-0.39, 0.29) is 11.7 Å². The van der Waals surface area contributed by atoms with Crippen LogP contribution in [0.15, 0.2) is 18.2 Å². The number of hydrogen-bond donors (Lipinski definition) is 3. The van der Waals surface area contributed by atoms with Crippen molar-refractivity contribution in [2.24, 2.45) is 5.92 Å². The summed E-state index contributed by atoms with van der Waals surface area (Å²) in [5.74, 6) is -1.85. The molecule has 0 spiro atoms. The Balaban J connectivity index is 2.67. The van der Waals surface area contributed by atoms with Crippen LogP contribution in [0, 0.1) is 11.7 Å². The van der Waals surface area contributed by atoms with Gasteiger partial charge in [-0.3, -0.25) is 0 Å². The summed E-state index contributed by atoms with van der Waals surface area (Å²) in [7, 11) is 0. The van der Waals surface area contributed by atoms with Crippen LogP contribution in [0.2, 0.25) is 0 Å². The van der Waals surface area contributed by atoms with Crippen molar-refractivity contribution < 1.29 is 19.1 Å². The normalized spacial score (nSPS) is 12.0. The van der Waals surface area contributed by atoms with Gasteiger partial charge in [0.05, 0.1) is 5.56 Å². The molecule has 0 bridgehead atoms. The third kappa shape index (κ3) is 4.73. The molecule has 21 heavy (non-hydrogen) atoms. The number of carboxylic acids is 1. The van der Waals surface area contributed by atoms with Crippen LogP contribution in [0.3, 0.4) is 0 Å². The second-order valence-corrected chi connectivity index (χ2v) is 4.96. The van der Waals surface area contributed by atoms with Crippen LogP contribution in [-0.2, 0) is 0 Å². The predicted molar refractivity (Wildman–Crippen MR) is 79.0 cm³/mol. The van der Waals surface area contributed by atoms with Gasteiger partial charge in [0.1, 0.15) is 5.82 Å². The van der Waals surface area contributed by atoms with Crippen LogP contribution in [0.4, 0.5) is 14.9 Å². The van der Waals surface area contributed by atoms with Gasteiger partial charge in [0, 0.05) is 11.7 Å². The third-order valence-electron chi connectivity index (χ3n) is 3.57. The highest BCUT2D eigenvalue weighted by molar-refractivity contribution is 5.91. The maximum Gasteiger partial charge on any atom is 0.338 e. The summed E-state index contributed by atoms with van der Waals surface area (Å²) in [4.78, 5) is 22.5. The van der Waals surface area contributed by atoms with E-state index in [9.17, 15) is 14.0 Å². The van der Waals surface area contributed by atoms with Crippen LogP contribution in [0.25, 0.3) is 0 Å². The van der Waals surface area contributed by atoms with Crippen molar-refractivity contribution in [1.29, 1.82) is 0 Å². The molecule has 1 unspecified atom stereocenters. The van der Waals surface area contributed by atoms with Gasteiger partial charge < -0.3 is 15.7 Å². The minimum atomic E-state index is -1.34. The van der Waals surface area contributed by atoms with Crippen LogP contribution in [0.5, 0.6) is 0 Å². The summed E-state index contributed by atoms with van der Waals surface area (Å²) >= 11 is 0. The van der Waals surface area contributed by atoms with Crippen molar-refractivity contribution >= 4 is 17.7 Å². The molecule has 0 radical (unpaired) electrons. The van der Waals surface area contributed by atoms with Gasteiger partial charge >= 0.3 is 12.0 Å². The summed E-state index contributed by atoms with van der Waals surface area (Å²) in [5.41, 5.74) is -0.210. The molecular weight excluding hydrogens is 275 g/mol. The molecule has 0 aliphatic heterocycles. The lowest BCUT2D eigenvalue weighted by Crippen LogP contribution is -2.40. The summed E-state index contributed by atoms with van der Waals surface area (Å²) in [6, 6.07) is 3.04. The van der Waals surface area contributed by atoms with Gasteiger partial charge in [-0.1, -0.05) is 26.7 Å². The lowest BCUT2D eigenvalue weighted by atomic mass is 9.96. The van der Waals surface area contributed by atoms with Crippen LogP contribution >= 0.6 is 0 Å². The number of nitrogens with one attached hydrogen (secondary N) is 2. The van der Waals surface area contributed by atoms with Crippen molar-refractivity contribution in [2.45, 2.75) is 39.7 Å². The highest BCUT2D eigenvalue weighted by atomic mass is 19.1. The number of amides is 2. The van der Waals surface area contributed by atoms with Gasteiger partial charge in [0.2, 0.25) is 0 Å². The summed E-state index contributed by atoms with van der Waals surface area (Å²) in [6.07, 6.45) is 1.92. The van der Waals surface area contributed by atoms with Crippen LogP contribution in [0.1, 0.15) is 44.0 Å². The SMILES string of the molecule is CCC(CC)C(C)NC(=O)Nc1ccc(C(=O)O)c(F)c1. The Hall–Kier alpha value is -2.11. The number of carbonyl (C=O) groups is 2. The number of halogens is 1. The van der Waals surface area contributed by atoms with Gasteiger partial charge in [-0.15, -0.1) is 0 Å². The van der Waals surface area contributed by atoms with Gasteiger partial charge in [0.15, 0.2) is 0 Å². The van der Waals surface area contributed by atoms with Crippen molar-refractivity contribution in [2.75, 3.05) is 5.32 Å². The molecule has 0 fully saturated rings. The Kier molecular flexibility index (Phi) is 6.14. The molecule has 1 aromatic carbocycles. The molecule has 0 aliphatic carbocycles. The van der Waals surface area contributed by atoms with Gasteiger partial charge in [-0.2, -0.15) is 0 Å². The van der Waals surface area contributed by atoms with Crippen LogP contribution < -0.4 is 10.6 Å². The van der Waals surface area contributed by atoms with E-state index >= 15 is 0 Å². The maximum atomic E-state index is 13.5. The molecule has 2 amide bonds. The average molecular weight is 296 g/mol. The topological polar surface area (TPSA) is 78.4 Å². The fourth-order valence-electron chi connectivity index (χ4n) is 2.25. The third-order valence-corrected chi connectivity index (χ3v) is 3.57. The smallest absolute Gasteiger partial charge is 0.338 e. The van der Waals surface area contributed by atoms with E-state index in [0.29, 0.717) is 5.92 Å². The first-order chi connectivity index (χ1) is 9.88. The maximum absolute atomic E-state index is 13.5.